The fourth-order valence-corrected chi connectivity index (χ4v) is 2.87. The summed E-state index contributed by atoms with van der Waals surface area (Å²) in [4.78, 5) is 4.45. The first kappa shape index (κ1) is 12.7. The molecule has 0 aliphatic heterocycles. The molecule has 1 saturated carbocycles. The van der Waals surface area contributed by atoms with Crippen molar-refractivity contribution in [1.82, 2.24) is 5.32 Å². The smallest absolute Gasteiger partial charge is 0.188 e. The van der Waals surface area contributed by atoms with Gasteiger partial charge in [0.25, 0.3) is 0 Å². The van der Waals surface area contributed by atoms with E-state index in [0.717, 1.165) is 19.5 Å². The molecule has 1 aliphatic rings. The first-order valence-corrected chi connectivity index (χ1v) is 7.04. The van der Waals surface area contributed by atoms with Crippen LogP contribution in [0.3, 0.4) is 0 Å². The summed E-state index contributed by atoms with van der Waals surface area (Å²) in [7, 11) is 0. The molecular formula is C11H23N3S. The van der Waals surface area contributed by atoms with Crippen molar-refractivity contribution in [2.45, 2.75) is 43.8 Å². The minimum atomic E-state index is 0.374. The van der Waals surface area contributed by atoms with Gasteiger partial charge in [0.1, 0.15) is 0 Å². The lowest BCUT2D eigenvalue weighted by Crippen LogP contribution is -2.34. The van der Waals surface area contributed by atoms with Crippen LogP contribution in [0.1, 0.15) is 39.0 Å². The lowest BCUT2D eigenvalue weighted by Gasteiger charge is -2.24. The Hall–Kier alpha value is -0.380. The van der Waals surface area contributed by atoms with Crippen molar-refractivity contribution < 1.29 is 0 Å². The predicted octanol–water partition coefficient (Wildman–Crippen LogP) is 1.98. The van der Waals surface area contributed by atoms with E-state index in [1.807, 2.05) is 11.8 Å². The van der Waals surface area contributed by atoms with Crippen molar-refractivity contribution in [3.8, 4) is 0 Å². The molecule has 1 aliphatic carbocycles. The van der Waals surface area contributed by atoms with E-state index >= 15 is 0 Å². The highest BCUT2D eigenvalue weighted by Crippen LogP contribution is 2.40. The van der Waals surface area contributed by atoms with E-state index in [2.05, 4.69) is 23.5 Å². The Labute approximate surface area is 97.3 Å². The molecule has 1 fully saturated rings. The van der Waals surface area contributed by atoms with Gasteiger partial charge in [-0.05, 0) is 25.5 Å². The highest BCUT2D eigenvalue weighted by molar-refractivity contribution is 8.00. The molecule has 0 spiro atoms. The van der Waals surface area contributed by atoms with Gasteiger partial charge in [-0.1, -0.05) is 19.8 Å². The molecule has 3 nitrogen and oxygen atoms in total. The van der Waals surface area contributed by atoms with Gasteiger partial charge in [0.05, 0.1) is 6.54 Å². The van der Waals surface area contributed by atoms with E-state index in [0.29, 0.717) is 10.7 Å². The quantitative estimate of drug-likeness (QED) is 0.560. The summed E-state index contributed by atoms with van der Waals surface area (Å²) in [5.74, 6) is 0.608. The van der Waals surface area contributed by atoms with Gasteiger partial charge in [0.2, 0.25) is 0 Å². The normalized spacial score (nSPS) is 20.5. The predicted molar refractivity (Wildman–Crippen MR) is 69.5 cm³/mol. The molecule has 0 radical (unpaired) electrons. The maximum Gasteiger partial charge on any atom is 0.188 e. The Morgan fingerprint density at radius 1 is 1.47 bits per heavy atom. The van der Waals surface area contributed by atoms with E-state index in [9.17, 15) is 0 Å². The van der Waals surface area contributed by atoms with Gasteiger partial charge in [-0.2, -0.15) is 11.8 Å². The van der Waals surface area contributed by atoms with E-state index in [1.54, 1.807) is 0 Å². The molecule has 0 aromatic carbocycles. The van der Waals surface area contributed by atoms with Crippen molar-refractivity contribution in [1.29, 1.82) is 0 Å². The Morgan fingerprint density at radius 3 is 2.67 bits per heavy atom. The van der Waals surface area contributed by atoms with E-state index in [4.69, 9.17) is 5.73 Å². The third kappa shape index (κ3) is 3.93. The maximum atomic E-state index is 5.78. The van der Waals surface area contributed by atoms with Crippen LogP contribution in [-0.2, 0) is 0 Å². The molecule has 15 heavy (non-hydrogen) atoms. The second-order valence-electron chi connectivity index (χ2n) is 4.22. The van der Waals surface area contributed by atoms with Gasteiger partial charge in [-0.25, -0.2) is 0 Å². The molecule has 0 heterocycles. The van der Waals surface area contributed by atoms with Crippen LogP contribution in [0, 0.1) is 0 Å². The number of hydrogen-bond donors (Lipinski definition) is 2. The summed E-state index contributed by atoms with van der Waals surface area (Å²) in [6.45, 7) is 3.92. The van der Waals surface area contributed by atoms with Gasteiger partial charge < -0.3 is 11.1 Å². The van der Waals surface area contributed by atoms with Crippen LogP contribution in [-0.4, -0.2) is 30.1 Å². The number of rotatable bonds is 5. The zero-order chi connectivity index (χ0) is 11.1. The lowest BCUT2D eigenvalue weighted by molar-refractivity contribution is 0.619. The third-order valence-electron chi connectivity index (χ3n) is 3.04. The Bertz CT molecular complexity index is 210. The standard InChI is InChI=1S/C11H23N3S/c1-3-8-13-10(12)14-9-11(15-2)6-4-5-7-11/h3-9H2,1-2H3,(H3,12,13,14). The monoisotopic (exact) mass is 229 g/mol. The zero-order valence-corrected chi connectivity index (χ0v) is 10.7. The second kappa shape index (κ2) is 6.26. The van der Waals surface area contributed by atoms with Crippen LogP contribution < -0.4 is 11.1 Å². The molecule has 4 heteroatoms. The average molecular weight is 229 g/mol. The summed E-state index contributed by atoms with van der Waals surface area (Å²) in [5.41, 5.74) is 5.78. The first-order valence-electron chi connectivity index (χ1n) is 5.81. The van der Waals surface area contributed by atoms with Gasteiger partial charge in [-0.15, -0.1) is 0 Å². The molecule has 0 aromatic heterocycles. The number of thioether (sulfide) groups is 1. The van der Waals surface area contributed by atoms with Crippen molar-refractivity contribution in [2.75, 3.05) is 19.3 Å². The van der Waals surface area contributed by atoms with Crippen molar-refractivity contribution >= 4 is 17.7 Å². The Morgan fingerprint density at radius 2 is 2.13 bits per heavy atom. The van der Waals surface area contributed by atoms with Gasteiger partial charge in [0.15, 0.2) is 5.96 Å². The molecule has 0 unspecified atom stereocenters. The van der Waals surface area contributed by atoms with Crippen molar-refractivity contribution in [3.63, 3.8) is 0 Å². The largest absolute Gasteiger partial charge is 0.370 e. The molecular weight excluding hydrogens is 206 g/mol. The summed E-state index contributed by atoms with van der Waals surface area (Å²) < 4.78 is 0.374. The molecule has 88 valence electrons. The third-order valence-corrected chi connectivity index (χ3v) is 4.44. The fourth-order valence-electron chi connectivity index (χ4n) is 1.98. The highest BCUT2D eigenvalue weighted by Gasteiger charge is 2.32. The van der Waals surface area contributed by atoms with Crippen LogP contribution in [0.25, 0.3) is 0 Å². The van der Waals surface area contributed by atoms with E-state index in [-0.39, 0.29) is 0 Å². The van der Waals surface area contributed by atoms with E-state index in [1.165, 1.54) is 25.7 Å². The molecule has 0 amide bonds. The Balaban J connectivity index is 2.38. The number of nitrogens with one attached hydrogen (secondary N) is 1. The lowest BCUT2D eigenvalue weighted by atomic mass is 10.1. The first-order chi connectivity index (χ1) is 7.22. The maximum absolute atomic E-state index is 5.78. The summed E-state index contributed by atoms with van der Waals surface area (Å²) in [6, 6.07) is 0. The second-order valence-corrected chi connectivity index (χ2v) is 5.50. The number of nitrogens with two attached hydrogens (primary N) is 1. The van der Waals surface area contributed by atoms with Gasteiger partial charge in [-0.3, -0.25) is 4.99 Å². The van der Waals surface area contributed by atoms with Crippen LogP contribution in [0.4, 0.5) is 0 Å². The summed E-state index contributed by atoms with van der Waals surface area (Å²) in [5, 5.41) is 3.12. The minimum Gasteiger partial charge on any atom is -0.370 e. The van der Waals surface area contributed by atoms with Crippen LogP contribution in [0.15, 0.2) is 4.99 Å². The molecule has 3 N–H and O–H groups in total. The molecule has 1 rings (SSSR count). The Kier molecular flexibility index (Phi) is 5.29. The number of hydrogen-bond acceptors (Lipinski definition) is 2. The van der Waals surface area contributed by atoms with Gasteiger partial charge in [0, 0.05) is 11.3 Å². The zero-order valence-electron chi connectivity index (χ0n) is 9.88. The van der Waals surface area contributed by atoms with Gasteiger partial charge >= 0.3 is 0 Å². The SMILES string of the molecule is CCCNC(N)=NCC1(SC)CCCC1. The summed E-state index contributed by atoms with van der Waals surface area (Å²) in [6.07, 6.45) is 8.55. The molecule has 0 aromatic rings. The van der Waals surface area contributed by atoms with Crippen LogP contribution >= 0.6 is 11.8 Å². The average Bonchev–Trinajstić information content (AvgIpc) is 2.73. The molecule has 0 bridgehead atoms. The highest BCUT2D eigenvalue weighted by atomic mass is 32.2. The fraction of sp³-hybridized carbons (Fsp3) is 0.909. The molecule has 0 saturated heterocycles. The van der Waals surface area contributed by atoms with Crippen molar-refractivity contribution in [2.24, 2.45) is 10.7 Å². The van der Waals surface area contributed by atoms with Crippen LogP contribution in [0.2, 0.25) is 0 Å². The van der Waals surface area contributed by atoms with Crippen LogP contribution in [0.5, 0.6) is 0 Å². The van der Waals surface area contributed by atoms with E-state index < -0.39 is 0 Å². The molecule has 0 atom stereocenters. The number of guanidine groups is 1. The minimum absolute atomic E-state index is 0.374. The number of aliphatic imine (C=N–C) groups is 1. The number of nitrogens with zero attached hydrogens (tertiary/aromatic N) is 1. The topological polar surface area (TPSA) is 50.4 Å². The summed E-state index contributed by atoms with van der Waals surface area (Å²) >= 11 is 1.96. The van der Waals surface area contributed by atoms with Crippen molar-refractivity contribution in [3.05, 3.63) is 0 Å².